The summed E-state index contributed by atoms with van der Waals surface area (Å²) in [7, 11) is -3.03. The summed E-state index contributed by atoms with van der Waals surface area (Å²) in [5, 5.41) is 3.45. The highest BCUT2D eigenvalue weighted by Crippen LogP contribution is 2.03. The molecule has 0 aromatic rings. The summed E-state index contributed by atoms with van der Waals surface area (Å²) >= 11 is 0. The van der Waals surface area contributed by atoms with Crippen LogP contribution in [0.15, 0.2) is 0 Å². The van der Waals surface area contributed by atoms with Crippen LogP contribution >= 0.6 is 0 Å². The highest BCUT2D eigenvalue weighted by atomic mass is 32.2. The van der Waals surface area contributed by atoms with E-state index in [0.717, 1.165) is 13.0 Å². The monoisotopic (exact) mass is 278 g/mol. The molecule has 0 aromatic heterocycles. The molecule has 1 atom stereocenters. The second kappa shape index (κ2) is 9.75. The Labute approximate surface area is 113 Å². The van der Waals surface area contributed by atoms with Gasteiger partial charge in [0.2, 0.25) is 10.0 Å². The molecule has 0 saturated heterocycles. The van der Waals surface area contributed by atoms with E-state index in [1.807, 2.05) is 6.92 Å². The van der Waals surface area contributed by atoms with Gasteiger partial charge in [0.1, 0.15) is 0 Å². The maximum absolute atomic E-state index is 11.4. The lowest BCUT2D eigenvalue weighted by Gasteiger charge is -2.19. The van der Waals surface area contributed by atoms with Crippen molar-refractivity contribution in [2.45, 2.75) is 58.9 Å². The van der Waals surface area contributed by atoms with Crippen molar-refractivity contribution in [3.05, 3.63) is 0 Å². The highest BCUT2D eigenvalue weighted by Gasteiger charge is 2.13. The average molecular weight is 278 g/mol. The lowest BCUT2D eigenvalue weighted by Crippen LogP contribution is -2.34. The van der Waals surface area contributed by atoms with Crippen LogP contribution in [-0.4, -0.2) is 44.7 Å². The molecular formula is C13H30N2O2S. The molecule has 110 valence electrons. The van der Waals surface area contributed by atoms with Gasteiger partial charge < -0.3 is 5.32 Å². The minimum atomic E-state index is -3.03. The van der Waals surface area contributed by atoms with E-state index < -0.39 is 10.0 Å². The molecule has 0 amide bonds. The van der Waals surface area contributed by atoms with Crippen molar-refractivity contribution in [2.75, 3.05) is 25.9 Å². The Morgan fingerprint density at radius 2 is 1.83 bits per heavy atom. The van der Waals surface area contributed by atoms with Gasteiger partial charge in [-0.05, 0) is 26.3 Å². The number of unbranched alkanes of at least 4 members (excludes halogenated alkanes) is 2. The summed E-state index contributed by atoms with van der Waals surface area (Å²) in [6, 6.07) is 0.532. The van der Waals surface area contributed by atoms with Crippen molar-refractivity contribution in [3.8, 4) is 0 Å². The van der Waals surface area contributed by atoms with Gasteiger partial charge in [0.15, 0.2) is 0 Å². The van der Waals surface area contributed by atoms with E-state index >= 15 is 0 Å². The van der Waals surface area contributed by atoms with E-state index in [0.29, 0.717) is 19.1 Å². The standard InChI is InChI=1S/C13H30N2O2S/c1-5-7-8-10-13(3)14-11-9-12-15(6-2)18(4,16)17/h13-14H,5-12H2,1-4H3. The zero-order valence-electron chi connectivity index (χ0n) is 12.4. The minimum Gasteiger partial charge on any atom is -0.314 e. The number of hydrogen-bond donors (Lipinski definition) is 1. The largest absolute Gasteiger partial charge is 0.314 e. The summed E-state index contributed by atoms with van der Waals surface area (Å²) in [6.07, 6.45) is 7.18. The zero-order valence-corrected chi connectivity index (χ0v) is 13.2. The molecule has 18 heavy (non-hydrogen) atoms. The summed E-state index contributed by atoms with van der Waals surface area (Å²) in [5.41, 5.74) is 0. The van der Waals surface area contributed by atoms with Crippen LogP contribution < -0.4 is 5.32 Å². The Morgan fingerprint density at radius 1 is 1.17 bits per heavy atom. The van der Waals surface area contributed by atoms with E-state index in [9.17, 15) is 8.42 Å². The van der Waals surface area contributed by atoms with Crippen LogP contribution in [0.25, 0.3) is 0 Å². The molecule has 0 heterocycles. The Bertz CT molecular complexity index is 291. The quantitative estimate of drug-likeness (QED) is 0.590. The van der Waals surface area contributed by atoms with Crippen LogP contribution in [0.2, 0.25) is 0 Å². The van der Waals surface area contributed by atoms with Crippen molar-refractivity contribution in [3.63, 3.8) is 0 Å². The zero-order chi connectivity index (χ0) is 14.0. The maximum atomic E-state index is 11.4. The Kier molecular flexibility index (Phi) is 9.68. The van der Waals surface area contributed by atoms with Crippen molar-refractivity contribution in [1.82, 2.24) is 9.62 Å². The topological polar surface area (TPSA) is 49.4 Å². The van der Waals surface area contributed by atoms with Gasteiger partial charge in [-0.25, -0.2) is 12.7 Å². The SMILES string of the molecule is CCCCCC(C)NCCCN(CC)S(C)(=O)=O. The fourth-order valence-corrected chi connectivity index (χ4v) is 2.89. The predicted molar refractivity (Wildman–Crippen MR) is 78.3 cm³/mol. The minimum absolute atomic E-state index is 0.532. The van der Waals surface area contributed by atoms with Gasteiger partial charge in [-0.15, -0.1) is 0 Å². The Morgan fingerprint density at radius 3 is 2.33 bits per heavy atom. The summed E-state index contributed by atoms with van der Waals surface area (Å²) in [5.74, 6) is 0. The fourth-order valence-electron chi connectivity index (χ4n) is 1.96. The molecule has 0 aliphatic heterocycles. The van der Waals surface area contributed by atoms with Gasteiger partial charge in [0, 0.05) is 19.1 Å². The number of hydrogen-bond acceptors (Lipinski definition) is 3. The number of nitrogens with one attached hydrogen (secondary N) is 1. The molecular weight excluding hydrogens is 248 g/mol. The van der Waals surface area contributed by atoms with Gasteiger partial charge in [-0.1, -0.05) is 33.1 Å². The lowest BCUT2D eigenvalue weighted by molar-refractivity contribution is 0.407. The van der Waals surface area contributed by atoms with Crippen LogP contribution in [0.5, 0.6) is 0 Å². The first-order chi connectivity index (χ1) is 8.41. The molecule has 1 N–H and O–H groups in total. The van der Waals surface area contributed by atoms with Crippen molar-refractivity contribution >= 4 is 10.0 Å². The van der Waals surface area contributed by atoms with Gasteiger partial charge in [0.25, 0.3) is 0 Å². The van der Waals surface area contributed by atoms with E-state index in [-0.39, 0.29) is 0 Å². The molecule has 0 spiro atoms. The second-order valence-electron chi connectivity index (χ2n) is 4.96. The summed E-state index contributed by atoms with van der Waals surface area (Å²) in [4.78, 5) is 0. The smallest absolute Gasteiger partial charge is 0.211 e. The molecule has 0 radical (unpaired) electrons. The fraction of sp³-hybridized carbons (Fsp3) is 1.00. The van der Waals surface area contributed by atoms with Crippen molar-refractivity contribution < 1.29 is 8.42 Å². The highest BCUT2D eigenvalue weighted by molar-refractivity contribution is 7.88. The van der Waals surface area contributed by atoms with E-state index in [1.165, 1.54) is 36.2 Å². The normalized spacial score (nSPS) is 14.1. The number of rotatable bonds is 11. The lowest BCUT2D eigenvalue weighted by atomic mass is 10.1. The molecule has 0 aliphatic rings. The van der Waals surface area contributed by atoms with Gasteiger partial charge in [-0.3, -0.25) is 0 Å². The van der Waals surface area contributed by atoms with E-state index in [4.69, 9.17) is 0 Å². The Hall–Kier alpha value is -0.130. The first-order valence-electron chi connectivity index (χ1n) is 7.10. The van der Waals surface area contributed by atoms with Crippen molar-refractivity contribution in [2.24, 2.45) is 0 Å². The Balaban J connectivity index is 3.66. The maximum Gasteiger partial charge on any atom is 0.211 e. The van der Waals surface area contributed by atoms with Crippen LogP contribution in [0.3, 0.4) is 0 Å². The third-order valence-corrected chi connectivity index (χ3v) is 4.52. The van der Waals surface area contributed by atoms with Crippen LogP contribution in [0, 0.1) is 0 Å². The van der Waals surface area contributed by atoms with Crippen molar-refractivity contribution in [1.29, 1.82) is 0 Å². The molecule has 0 aliphatic carbocycles. The van der Waals surface area contributed by atoms with Crippen LogP contribution in [0.4, 0.5) is 0 Å². The average Bonchev–Trinajstić information content (AvgIpc) is 2.27. The van der Waals surface area contributed by atoms with Crippen LogP contribution in [0.1, 0.15) is 52.9 Å². The van der Waals surface area contributed by atoms with Crippen LogP contribution in [-0.2, 0) is 10.0 Å². The molecule has 0 aromatic carbocycles. The molecule has 0 saturated carbocycles. The third-order valence-electron chi connectivity index (χ3n) is 3.14. The van der Waals surface area contributed by atoms with Gasteiger partial charge in [0.05, 0.1) is 6.26 Å². The summed E-state index contributed by atoms with van der Waals surface area (Å²) < 4.78 is 24.3. The molecule has 4 nitrogen and oxygen atoms in total. The second-order valence-corrected chi connectivity index (χ2v) is 6.94. The number of nitrogens with zero attached hydrogens (tertiary/aromatic N) is 1. The van der Waals surface area contributed by atoms with E-state index in [2.05, 4.69) is 19.2 Å². The number of sulfonamides is 1. The molecule has 0 fully saturated rings. The molecule has 0 rings (SSSR count). The van der Waals surface area contributed by atoms with E-state index in [1.54, 1.807) is 0 Å². The molecule has 5 heteroatoms. The van der Waals surface area contributed by atoms with Gasteiger partial charge >= 0.3 is 0 Å². The first kappa shape index (κ1) is 17.9. The third kappa shape index (κ3) is 8.89. The van der Waals surface area contributed by atoms with Gasteiger partial charge in [-0.2, -0.15) is 0 Å². The molecule has 1 unspecified atom stereocenters. The predicted octanol–water partition coefficient (Wildman–Crippen LogP) is 2.22. The summed E-state index contributed by atoms with van der Waals surface area (Å²) in [6.45, 7) is 8.35. The first-order valence-corrected chi connectivity index (χ1v) is 8.95. The molecule has 0 bridgehead atoms.